The van der Waals surface area contributed by atoms with Gasteiger partial charge in [-0.25, -0.2) is 13.9 Å². The molecule has 1 unspecified atom stereocenters. The number of amides is 2. The molecule has 24 heavy (non-hydrogen) atoms. The molecule has 2 amide bonds. The number of hydrogen-bond donors (Lipinski definition) is 4. The fourth-order valence-corrected chi connectivity index (χ4v) is 3.83. The van der Waals surface area contributed by atoms with Gasteiger partial charge in [0, 0.05) is 0 Å². The highest BCUT2D eigenvalue weighted by atomic mass is 32.2. The van der Waals surface area contributed by atoms with Crippen molar-refractivity contribution >= 4 is 38.9 Å². The quantitative estimate of drug-likeness (QED) is 0.449. The van der Waals surface area contributed by atoms with Crippen molar-refractivity contribution in [2.24, 2.45) is 0 Å². The van der Waals surface area contributed by atoms with Gasteiger partial charge in [0.1, 0.15) is 10.9 Å². The average molecular weight is 369 g/mol. The zero-order chi connectivity index (χ0) is 17.7. The van der Waals surface area contributed by atoms with Gasteiger partial charge in [0.2, 0.25) is 10.0 Å². The van der Waals surface area contributed by atoms with E-state index in [1.54, 1.807) is 23.6 Å². The minimum atomic E-state index is -4.09. The van der Waals surface area contributed by atoms with Crippen LogP contribution in [0, 0.1) is 0 Å². The molecule has 1 atom stereocenters. The van der Waals surface area contributed by atoms with Gasteiger partial charge in [-0.2, -0.15) is 4.72 Å². The Hall–Kier alpha value is -2.27. The van der Waals surface area contributed by atoms with E-state index in [0.29, 0.717) is 4.88 Å². The number of sulfonamides is 1. The molecule has 0 saturated carbocycles. The van der Waals surface area contributed by atoms with Gasteiger partial charge in [-0.15, -0.1) is 11.3 Å². The van der Waals surface area contributed by atoms with Crippen molar-refractivity contribution < 1.29 is 23.2 Å². The maximum Gasteiger partial charge on any atom is 0.265 e. The first-order valence-electron chi connectivity index (χ1n) is 6.75. The Morgan fingerprint density at radius 1 is 1.17 bits per heavy atom. The molecule has 1 aromatic heterocycles. The van der Waals surface area contributed by atoms with Crippen LogP contribution in [-0.4, -0.2) is 31.5 Å². The van der Waals surface area contributed by atoms with Crippen LogP contribution in [0.1, 0.15) is 16.6 Å². The lowest BCUT2D eigenvalue weighted by Crippen LogP contribution is -2.43. The lowest BCUT2D eigenvalue weighted by atomic mass is 10.3. The van der Waals surface area contributed by atoms with Crippen molar-refractivity contribution in [3.63, 3.8) is 0 Å². The summed E-state index contributed by atoms with van der Waals surface area (Å²) in [6.45, 7) is 1.27. The topological polar surface area (TPSA) is 125 Å². The number of hydroxylamine groups is 1. The van der Waals surface area contributed by atoms with Gasteiger partial charge in [0.25, 0.3) is 11.8 Å². The largest absolute Gasteiger partial charge is 0.320 e. The van der Waals surface area contributed by atoms with Gasteiger partial charge in [-0.3, -0.25) is 14.8 Å². The summed E-state index contributed by atoms with van der Waals surface area (Å²) in [5, 5.41) is 12.8. The SMILES string of the molecule is CC(NS(=O)(=O)c1ccccc1NC(=O)c1cccs1)C(=O)NO. The van der Waals surface area contributed by atoms with Gasteiger partial charge in [0.15, 0.2) is 0 Å². The van der Waals surface area contributed by atoms with E-state index in [1.165, 1.54) is 41.9 Å². The molecule has 0 aliphatic heterocycles. The summed E-state index contributed by atoms with van der Waals surface area (Å²) < 4.78 is 27.0. The van der Waals surface area contributed by atoms with E-state index in [9.17, 15) is 18.0 Å². The molecule has 1 aromatic carbocycles. The summed E-state index contributed by atoms with van der Waals surface area (Å²) in [5.74, 6) is -1.34. The second-order valence-electron chi connectivity index (χ2n) is 4.75. The third kappa shape index (κ3) is 4.17. The van der Waals surface area contributed by atoms with E-state index in [-0.39, 0.29) is 10.6 Å². The van der Waals surface area contributed by atoms with Crippen LogP contribution < -0.4 is 15.5 Å². The number of nitrogens with one attached hydrogen (secondary N) is 3. The van der Waals surface area contributed by atoms with Crippen LogP contribution in [0.25, 0.3) is 0 Å². The zero-order valence-electron chi connectivity index (χ0n) is 12.5. The van der Waals surface area contributed by atoms with Crippen LogP contribution in [0.15, 0.2) is 46.7 Å². The molecule has 1 heterocycles. The average Bonchev–Trinajstić information content (AvgIpc) is 3.08. The summed E-state index contributed by atoms with van der Waals surface area (Å²) >= 11 is 1.22. The van der Waals surface area contributed by atoms with Crippen LogP contribution in [0.4, 0.5) is 5.69 Å². The standard InChI is InChI=1S/C14H15N3O5S2/c1-9(13(18)16-20)17-24(21,22)12-7-3-2-5-10(12)15-14(19)11-6-4-8-23-11/h2-9,17,20H,1H3,(H,15,19)(H,16,18). The Kier molecular flexibility index (Phi) is 5.67. The van der Waals surface area contributed by atoms with Gasteiger partial charge in [-0.1, -0.05) is 18.2 Å². The maximum absolute atomic E-state index is 12.4. The van der Waals surface area contributed by atoms with Crippen LogP contribution in [0.2, 0.25) is 0 Å². The third-order valence-electron chi connectivity index (χ3n) is 3.01. The minimum absolute atomic E-state index is 0.0833. The highest BCUT2D eigenvalue weighted by Crippen LogP contribution is 2.22. The lowest BCUT2D eigenvalue weighted by Gasteiger charge is -2.15. The van der Waals surface area contributed by atoms with E-state index < -0.39 is 27.9 Å². The first-order chi connectivity index (χ1) is 11.3. The predicted molar refractivity (Wildman–Crippen MR) is 88.4 cm³/mol. The second-order valence-corrected chi connectivity index (χ2v) is 7.38. The first-order valence-corrected chi connectivity index (χ1v) is 9.11. The molecule has 0 radical (unpaired) electrons. The van der Waals surface area contributed by atoms with Crippen molar-refractivity contribution in [1.82, 2.24) is 10.2 Å². The number of rotatable bonds is 6. The molecule has 2 aromatic rings. The normalized spacial score (nSPS) is 12.4. The molecule has 0 aliphatic carbocycles. The lowest BCUT2D eigenvalue weighted by molar-refractivity contribution is -0.130. The molecular weight excluding hydrogens is 354 g/mol. The van der Waals surface area contributed by atoms with Crippen molar-refractivity contribution in [2.45, 2.75) is 17.9 Å². The number of carbonyl (C=O) groups excluding carboxylic acids is 2. The molecule has 0 saturated heterocycles. The monoisotopic (exact) mass is 369 g/mol. The van der Waals surface area contributed by atoms with Crippen LogP contribution in [0.3, 0.4) is 0 Å². The van der Waals surface area contributed by atoms with Gasteiger partial charge >= 0.3 is 0 Å². The van der Waals surface area contributed by atoms with E-state index in [2.05, 4.69) is 10.0 Å². The molecule has 128 valence electrons. The highest BCUT2D eigenvalue weighted by molar-refractivity contribution is 7.89. The summed E-state index contributed by atoms with van der Waals surface area (Å²) in [7, 11) is -4.09. The summed E-state index contributed by atoms with van der Waals surface area (Å²) in [4.78, 5) is 23.6. The van der Waals surface area contributed by atoms with E-state index >= 15 is 0 Å². The van der Waals surface area contributed by atoms with Crippen LogP contribution >= 0.6 is 11.3 Å². The summed E-state index contributed by atoms with van der Waals surface area (Å²) in [5.41, 5.74) is 1.45. The molecule has 0 bridgehead atoms. The van der Waals surface area contributed by atoms with E-state index in [0.717, 1.165) is 0 Å². The smallest absolute Gasteiger partial charge is 0.265 e. The fourth-order valence-electron chi connectivity index (χ4n) is 1.84. The number of thiophene rings is 1. The second kappa shape index (κ2) is 7.53. The Bertz CT molecular complexity index is 834. The van der Waals surface area contributed by atoms with Crippen LogP contribution in [0.5, 0.6) is 0 Å². The molecule has 0 spiro atoms. The van der Waals surface area contributed by atoms with Crippen molar-refractivity contribution in [3.8, 4) is 0 Å². The zero-order valence-corrected chi connectivity index (χ0v) is 14.1. The Morgan fingerprint density at radius 3 is 2.50 bits per heavy atom. The van der Waals surface area contributed by atoms with Crippen molar-refractivity contribution in [2.75, 3.05) is 5.32 Å². The van der Waals surface area contributed by atoms with Crippen molar-refractivity contribution in [3.05, 3.63) is 46.7 Å². The third-order valence-corrected chi connectivity index (χ3v) is 5.47. The predicted octanol–water partition coefficient (Wildman–Crippen LogP) is 1.17. The van der Waals surface area contributed by atoms with Gasteiger partial charge in [-0.05, 0) is 30.5 Å². The molecule has 10 heteroatoms. The highest BCUT2D eigenvalue weighted by Gasteiger charge is 2.24. The Balaban J connectivity index is 2.27. The number of anilines is 1. The number of carbonyl (C=O) groups is 2. The molecule has 0 aliphatic rings. The number of benzene rings is 1. The molecule has 0 fully saturated rings. The first kappa shape index (κ1) is 18.1. The fraction of sp³-hybridized carbons (Fsp3) is 0.143. The van der Waals surface area contributed by atoms with Gasteiger partial charge in [0.05, 0.1) is 10.6 Å². The minimum Gasteiger partial charge on any atom is -0.320 e. The van der Waals surface area contributed by atoms with Gasteiger partial charge < -0.3 is 5.32 Å². The van der Waals surface area contributed by atoms with Crippen molar-refractivity contribution in [1.29, 1.82) is 0 Å². The summed E-state index contributed by atoms with van der Waals surface area (Å²) in [6.07, 6.45) is 0. The number of hydrogen-bond acceptors (Lipinski definition) is 6. The molecular formula is C14H15N3O5S2. The molecule has 2 rings (SSSR count). The van der Waals surface area contributed by atoms with Crippen LogP contribution in [-0.2, 0) is 14.8 Å². The Labute approximate surface area is 142 Å². The van der Waals surface area contributed by atoms with E-state index in [4.69, 9.17) is 5.21 Å². The molecule has 4 N–H and O–H groups in total. The Morgan fingerprint density at radius 2 is 1.88 bits per heavy atom. The molecule has 8 nitrogen and oxygen atoms in total. The number of para-hydroxylation sites is 1. The summed E-state index contributed by atoms with van der Waals surface area (Å²) in [6, 6.07) is 7.94. The van der Waals surface area contributed by atoms with E-state index in [1.807, 2.05) is 0 Å². The maximum atomic E-state index is 12.4.